The Morgan fingerprint density at radius 2 is 2.14 bits per heavy atom. The molecule has 1 heterocycles. The van der Waals surface area contributed by atoms with Crippen LogP contribution in [0.1, 0.15) is 52.2 Å². The Labute approximate surface area is 151 Å². The largest absolute Gasteiger partial charge is 0.469 e. The normalized spacial score (nSPS) is 22.3. The molecule has 1 saturated carbocycles. The van der Waals surface area contributed by atoms with Gasteiger partial charge in [0.05, 0.1) is 6.26 Å². The van der Waals surface area contributed by atoms with Crippen molar-refractivity contribution in [1.82, 2.24) is 10.6 Å². The summed E-state index contributed by atoms with van der Waals surface area (Å²) in [5.41, 5.74) is 0. The van der Waals surface area contributed by atoms with Crippen molar-refractivity contribution in [2.45, 2.75) is 65.0 Å². The number of rotatable bonds is 5. The molecule has 2 unspecified atom stereocenters. The zero-order chi connectivity index (χ0) is 15.1. The van der Waals surface area contributed by atoms with E-state index in [1.165, 1.54) is 25.7 Å². The minimum Gasteiger partial charge on any atom is -0.469 e. The maximum absolute atomic E-state index is 5.35. The van der Waals surface area contributed by atoms with Crippen molar-refractivity contribution in [2.24, 2.45) is 10.9 Å². The molecule has 1 aromatic rings. The van der Waals surface area contributed by atoms with Crippen LogP contribution in [0.4, 0.5) is 0 Å². The van der Waals surface area contributed by atoms with E-state index in [4.69, 9.17) is 9.41 Å². The fraction of sp³-hybridized carbons (Fsp3) is 0.706. The topological polar surface area (TPSA) is 49.6 Å². The standard InChI is InChI=1S/C17H29N3O.HI/c1-13(2)19-17(18-11-10-15-8-6-12-21-15)20-16-9-5-4-7-14(16)3;/h6,8,12-14,16H,4-5,7,9-11H2,1-3H3,(H2,18,19,20);1H. The molecule has 2 N–H and O–H groups in total. The second-order valence-corrected chi connectivity index (χ2v) is 6.37. The molecule has 126 valence electrons. The number of nitrogens with zero attached hydrogens (tertiary/aromatic N) is 1. The molecule has 2 atom stereocenters. The molecule has 0 bridgehead atoms. The fourth-order valence-corrected chi connectivity index (χ4v) is 2.85. The molecule has 0 amide bonds. The summed E-state index contributed by atoms with van der Waals surface area (Å²) in [5, 5.41) is 7.06. The molecule has 0 aliphatic heterocycles. The van der Waals surface area contributed by atoms with Crippen molar-refractivity contribution in [2.75, 3.05) is 6.54 Å². The smallest absolute Gasteiger partial charge is 0.191 e. The van der Waals surface area contributed by atoms with Crippen LogP contribution in [0.3, 0.4) is 0 Å². The molecule has 1 aromatic heterocycles. The number of halogens is 1. The van der Waals surface area contributed by atoms with E-state index < -0.39 is 0 Å². The summed E-state index contributed by atoms with van der Waals surface area (Å²) in [6.07, 6.45) is 7.81. The van der Waals surface area contributed by atoms with Crippen molar-refractivity contribution in [3.8, 4) is 0 Å². The van der Waals surface area contributed by atoms with Gasteiger partial charge in [0.1, 0.15) is 5.76 Å². The monoisotopic (exact) mass is 419 g/mol. The van der Waals surface area contributed by atoms with E-state index in [2.05, 4.69) is 31.4 Å². The van der Waals surface area contributed by atoms with E-state index in [1.54, 1.807) is 6.26 Å². The van der Waals surface area contributed by atoms with Crippen LogP contribution in [0.5, 0.6) is 0 Å². The van der Waals surface area contributed by atoms with Gasteiger partial charge in [-0.1, -0.05) is 19.8 Å². The van der Waals surface area contributed by atoms with Crippen LogP contribution in [-0.4, -0.2) is 24.6 Å². The van der Waals surface area contributed by atoms with Gasteiger partial charge in [-0.25, -0.2) is 0 Å². The summed E-state index contributed by atoms with van der Waals surface area (Å²) in [6.45, 7) is 7.38. The summed E-state index contributed by atoms with van der Waals surface area (Å²) in [6, 6.07) is 4.86. The first-order valence-electron chi connectivity index (χ1n) is 8.25. The van der Waals surface area contributed by atoms with Crippen LogP contribution < -0.4 is 10.6 Å². The van der Waals surface area contributed by atoms with Gasteiger partial charge in [0.2, 0.25) is 0 Å². The molecule has 1 aliphatic carbocycles. The van der Waals surface area contributed by atoms with Gasteiger partial charge in [-0.05, 0) is 44.7 Å². The lowest BCUT2D eigenvalue weighted by molar-refractivity contribution is 0.306. The Morgan fingerprint density at radius 3 is 2.77 bits per heavy atom. The maximum Gasteiger partial charge on any atom is 0.191 e. The fourth-order valence-electron chi connectivity index (χ4n) is 2.85. The summed E-state index contributed by atoms with van der Waals surface area (Å²) >= 11 is 0. The van der Waals surface area contributed by atoms with Gasteiger partial charge in [-0.15, -0.1) is 24.0 Å². The van der Waals surface area contributed by atoms with E-state index in [0.717, 1.165) is 30.6 Å². The number of aliphatic imine (C=N–C) groups is 1. The molecule has 1 aliphatic rings. The number of furan rings is 1. The summed E-state index contributed by atoms with van der Waals surface area (Å²) in [4.78, 5) is 4.70. The molecule has 0 radical (unpaired) electrons. The maximum atomic E-state index is 5.35. The van der Waals surface area contributed by atoms with Crippen LogP contribution in [0, 0.1) is 5.92 Å². The lowest BCUT2D eigenvalue weighted by Gasteiger charge is -2.31. The number of hydrogen-bond acceptors (Lipinski definition) is 2. The van der Waals surface area contributed by atoms with Gasteiger partial charge in [-0.2, -0.15) is 0 Å². The van der Waals surface area contributed by atoms with Crippen LogP contribution in [-0.2, 0) is 6.42 Å². The van der Waals surface area contributed by atoms with Crippen LogP contribution in [0.2, 0.25) is 0 Å². The van der Waals surface area contributed by atoms with Gasteiger partial charge >= 0.3 is 0 Å². The van der Waals surface area contributed by atoms with Crippen molar-refractivity contribution in [3.05, 3.63) is 24.2 Å². The van der Waals surface area contributed by atoms with E-state index >= 15 is 0 Å². The Bertz CT molecular complexity index is 431. The molecular formula is C17H30IN3O. The summed E-state index contributed by atoms with van der Waals surface area (Å²) in [7, 11) is 0. The van der Waals surface area contributed by atoms with Gasteiger partial charge in [0.15, 0.2) is 5.96 Å². The Balaban J connectivity index is 0.00000242. The number of nitrogens with one attached hydrogen (secondary N) is 2. The minimum atomic E-state index is 0. The predicted molar refractivity (Wildman–Crippen MR) is 103 cm³/mol. The first kappa shape index (κ1) is 19.3. The molecule has 0 saturated heterocycles. The highest BCUT2D eigenvalue weighted by molar-refractivity contribution is 14.0. The summed E-state index contributed by atoms with van der Waals surface area (Å²) < 4.78 is 5.35. The molecule has 0 spiro atoms. The molecule has 0 aromatic carbocycles. The van der Waals surface area contributed by atoms with E-state index in [1.807, 2.05) is 12.1 Å². The van der Waals surface area contributed by atoms with Gasteiger partial charge < -0.3 is 15.1 Å². The van der Waals surface area contributed by atoms with Crippen molar-refractivity contribution >= 4 is 29.9 Å². The van der Waals surface area contributed by atoms with Gasteiger partial charge in [0, 0.05) is 25.0 Å². The number of hydrogen-bond donors (Lipinski definition) is 2. The van der Waals surface area contributed by atoms with Crippen LogP contribution in [0.15, 0.2) is 27.8 Å². The highest BCUT2D eigenvalue weighted by atomic mass is 127. The highest BCUT2D eigenvalue weighted by Crippen LogP contribution is 2.23. The van der Waals surface area contributed by atoms with E-state index in [0.29, 0.717) is 12.1 Å². The molecule has 22 heavy (non-hydrogen) atoms. The lowest BCUT2D eigenvalue weighted by atomic mass is 9.86. The third kappa shape index (κ3) is 6.58. The first-order chi connectivity index (χ1) is 10.1. The molecule has 2 rings (SSSR count). The van der Waals surface area contributed by atoms with E-state index in [-0.39, 0.29) is 24.0 Å². The molecular weight excluding hydrogens is 389 g/mol. The third-order valence-corrected chi connectivity index (χ3v) is 4.07. The second-order valence-electron chi connectivity index (χ2n) is 6.37. The highest BCUT2D eigenvalue weighted by Gasteiger charge is 2.22. The van der Waals surface area contributed by atoms with Crippen LogP contribution >= 0.6 is 24.0 Å². The van der Waals surface area contributed by atoms with Crippen molar-refractivity contribution < 1.29 is 4.42 Å². The molecule has 4 nitrogen and oxygen atoms in total. The Morgan fingerprint density at radius 1 is 1.36 bits per heavy atom. The zero-order valence-corrected chi connectivity index (χ0v) is 16.3. The van der Waals surface area contributed by atoms with Crippen LogP contribution in [0.25, 0.3) is 0 Å². The Kier molecular flexibility index (Phi) is 8.90. The average Bonchev–Trinajstić information content (AvgIpc) is 2.94. The minimum absolute atomic E-state index is 0. The zero-order valence-electron chi connectivity index (χ0n) is 14.0. The quantitative estimate of drug-likeness (QED) is 0.432. The van der Waals surface area contributed by atoms with Gasteiger partial charge in [0.25, 0.3) is 0 Å². The van der Waals surface area contributed by atoms with E-state index in [9.17, 15) is 0 Å². The SMILES string of the molecule is CC(C)NC(=NCCc1ccco1)NC1CCCCC1C.I. The Hall–Kier alpha value is -0.720. The predicted octanol–water partition coefficient (Wildman–Crippen LogP) is 3.96. The number of guanidine groups is 1. The first-order valence-corrected chi connectivity index (χ1v) is 8.25. The third-order valence-electron chi connectivity index (χ3n) is 4.07. The van der Waals surface area contributed by atoms with Gasteiger partial charge in [-0.3, -0.25) is 4.99 Å². The lowest BCUT2D eigenvalue weighted by Crippen LogP contribution is -2.49. The second kappa shape index (κ2) is 10.1. The average molecular weight is 419 g/mol. The molecule has 1 fully saturated rings. The molecule has 5 heteroatoms. The van der Waals surface area contributed by atoms with Crippen molar-refractivity contribution in [3.63, 3.8) is 0 Å². The van der Waals surface area contributed by atoms with Crippen molar-refractivity contribution in [1.29, 1.82) is 0 Å². The summed E-state index contributed by atoms with van der Waals surface area (Å²) in [5.74, 6) is 2.66.